The van der Waals surface area contributed by atoms with Crippen molar-refractivity contribution < 1.29 is 9.47 Å². The van der Waals surface area contributed by atoms with Gasteiger partial charge in [-0.3, -0.25) is 0 Å². The lowest BCUT2D eigenvalue weighted by molar-refractivity contribution is 0.0196. The van der Waals surface area contributed by atoms with Crippen molar-refractivity contribution in [1.82, 2.24) is 0 Å². The van der Waals surface area contributed by atoms with Crippen LogP contribution in [0.5, 0.6) is 0 Å². The minimum Gasteiger partial charge on any atom is -0.501 e. The van der Waals surface area contributed by atoms with Crippen molar-refractivity contribution in [3.63, 3.8) is 0 Å². The molecule has 1 aliphatic rings. The van der Waals surface area contributed by atoms with E-state index in [2.05, 4.69) is 26.0 Å². The predicted octanol–water partition coefficient (Wildman–Crippen LogP) is 3.39. The summed E-state index contributed by atoms with van der Waals surface area (Å²) >= 11 is 0. The topological polar surface area (TPSA) is 18.5 Å². The van der Waals surface area contributed by atoms with Gasteiger partial charge in [-0.1, -0.05) is 44.2 Å². The normalized spacial score (nSPS) is 28.5. The third-order valence-corrected chi connectivity index (χ3v) is 3.42. The Balaban J connectivity index is 1.93. The SMILES string of the molecule is C[C@@H]1[C@H](C)COC=C[C@H]1OCc1ccccc1. The minimum atomic E-state index is 0.146. The summed E-state index contributed by atoms with van der Waals surface area (Å²) in [4.78, 5) is 0. The van der Waals surface area contributed by atoms with Gasteiger partial charge in [0.25, 0.3) is 0 Å². The molecule has 0 spiro atoms. The van der Waals surface area contributed by atoms with Gasteiger partial charge < -0.3 is 9.47 Å². The van der Waals surface area contributed by atoms with Crippen LogP contribution in [0.1, 0.15) is 19.4 Å². The van der Waals surface area contributed by atoms with Crippen LogP contribution in [0.25, 0.3) is 0 Å². The Labute approximate surface area is 103 Å². The summed E-state index contributed by atoms with van der Waals surface area (Å²) in [5, 5.41) is 0. The molecule has 0 unspecified atom stereocenters. The quantitative estimate of drug-likeness (QED) is 0.795. The lowest BCUT2D eigenvalue weighted by Gasteiger charge is -2.24. The fourth-order valence-corrected chi connectivity index (χ4v) is 1.97. The Bertz CT molecular complexity index is 358. The van der Waals surface area contributed by atoms with E-state index in [9.17, 15) is 0 Å². The average molecular weight is 232 g/mol. The van der Waals surface area contributed by atoms with Crippen LogP contribution in [-0.4, -0.2) is 12.7 Å². The van der Waals surface area contributed by atoms with Crippen molar-refractivity contribution in [3.05, 3.63) is 48.2 Å². The predicted molar refractivity (Wildman–Crippen MR) is 68.4 cm³/mol. The highest BCUT2D eigenvalue weighted by atomic mass is 16.5. The molecule has 0 aromatic heterocycles. The molecule has 2 rings (SSSR count). The van der Waals surface area contributed by atoms with Gasteiger partial charge in [0, 0.05) is 0 Å². The highest BCUT2D eigenvalue weighted by molar-refractivity contribution is 5.13. The summed E-state index contributed by atoms with van der Waals surface area (Å²) in [6, 6.07) is 10.3. The number of ether oxygens (including phenoxy) is 2. The van der Waals surface area contributed by atoms with Crippen molar-refractivity contribution in [1.29, 1.82) is 0 Å². The van der Waals surface area contributed by atoms with E-state index in [-0.39, 0.29) is 6.10 Å². The average Bonchev–Trinajstić information content (AvgIpc) is 2.52. The van der Waals surface area contributed by atoms with Gasteiger partial charge in [-0.15, -0.1) is 0 Å². The smallest absolute Gasteiger partial charge is 0.0902 e. The van der Waals surface area contributed by atoms with E-state index < -0.39 is 0 Å². The van der Waals surface area contributed by atoms with E-state index in [4.69, 9.17) is 9.47 Å². The van der Waals surface area contributed by atoms with Gasteiger partial charge in [-0.25, -0.2) is 0 Å². The molecule has 0 aliphatic carbocycles. The van der Waals surface area contributed by atoms with Gasteiger partial charge in [0.2, 0.25) is 0 Å². The summed E-state index contributed by atoms with van der Waals surface area (Å²) < 4.78 is 11.4. The van der Waals surface area contributed by atoms with E-state index in [1.54, 1.807) is 6.26 Å². The number of hydrogen-bond acceptors (Lipinski definition) is 2. The molecule has 0 fully saturated rings. The van der Waals surface area contributed by atoms with E-state index in [1.165, 1.54) is 5.56 Å². The van der Waals surface area contributed by atoms with Crippen LogP contribution in [0.2, 0.25) is 0 Å². The first kappa shape index (κ1) is 12.2. The maximum Gasteiger partial charge on any atom is 0.0902 e. The molecule has 2 heteroatoms. The van der Waals surface area contributed by atoms with Crippen LogP contribution >= 0.6 is 0 Å². The maximum atomic E-state index is 5.96. The Morgan fingerprint density at radius 1 is 1.24 bits per heavy atom. The Morgan fingerprint density at radius 2 is 2.00 bits per heavy atom. The fourth-order valence-electron chi connectivity index (χ4n) is 1.97. The van der Waals surface area contributed by atoms with Crippen LogP contribution < -0.4 is 0 Å². The van der Waals surface area contributed by atoms with E-state index in [0.717, 1.165) is 6.61 Å². The molecule has 3 atom stereocenters. The van der Waals surface area contributed by atoms with Gasteiger partial charge >= 0.3 is 0 Å². The molecule has 92 valence electrons. The Hall–Kier alpha value is -1.28. The van der Waals surface area contributed by atoms with Crippen molar-refractivity contribution >= 4 is 0 Å². The van der Waals surface area contributed by atoms with Crippen molar-refractivity contribution in [2.75, 3.05) is 6.61 Å². The van der Waals surface area contributed by atoms with Crippen LogP contribution in [0.15, 0.2) is 42.7 Å². The van der Waals surface area contributed by atoms with Gasteiger partial charge in [0.15, 0.2) is 0 Å². The second-order valence-electron chi connectivity index (χ2n) is 4.76. The van der Waals surface area contributed by atoms with Crippen molar-refractivity contribution in [2.24, 2.45) is 11.8 Å². The molecule has 17 heavy (non-hydrogen) atoms. The standard InChI is InChI=1S/C15H20O2/c1-12-10-16-9-8-15(13(12)2)17-11-14-6-4-3-5-7-14/h3-9,12-13,15H,10-11H2,1-2H3/t12-,13-,15-/m1/s1. The highest BCUT2D eigenvalue weighted by Crippen LogP contribution is 2.23. The molecule has 1 aromatic rings. The Kier molecular flexibility index (Phi) is 4.21. The molecule has 2 nitrogen and oxygen atoms in total. The first-order chi connectivity index (χ1) is 8.27. The van der Waals surface area contributed by atoms with Crippen molar-refractivity contribution in [3.8, 4) is 0 Å². The summed E-state index contributed by atoms with van der Waals surface area (Å²) in [5.74, 6) is 1.00. The number of rotatable bonds is 3. The number of hydrogen-bond donors (Lipinski definition) is 0. The number of benzene rings is 1. The van der Waals surface area contributed by atoms with Crippen LogP contribution in [0.3, 0.4) is 0 Å². The van der Waals surface area contributed by atoms with E-state index in [0.29, 0.717) is 18.4 Å². The summed E-state index contributed by atoms with van der Waals surface area (Å²) in [6.07, 6.45) is 3.94. The molecule has 0 saturated heterocycles. The summed E-state index contributed by atoms with van der Waals surface area (Å²) in [6.45, 7) is 5.87. The molecule has 0 saturated carbocycles. The second kappa shape index (κ2) is 5.87. The molecule has 0 N–H and O–H groups in total. The highest BCUT2D eigenvalue weighted by Gasteiger charge is 2.23. The van der Waals surface area contributed by atoms with Gasteiger partial charge in [-0.2, -0.15) is 0 Å². The molecule has 0 radical (unpaired) electrons. The molecular formula is C15H20O2. The first-order valence-electron chi connectivity index (χ1n) is 6.21. The van der Waals surface area contributed by atoms with Crippen LogP contribution in [0, 0.1) is 11.8 Å². The summed E-state index contributed by atoms with van der Waals surface area (Å²) in [7, 11) is 0. The zero-order chi connectivity index (χ0) is 12.1. The zero-order valence-corrected chi connectivity index (χ0v) is 10.5. The Morgan fingerprint density at radius 3 is 2.76 bits per heavy atom. The molecule has 0 amide bonds. The van der Waals surface area contributed by atoms with E-state index in [1.807, 2.05) is 24.3 Å². The monoisotopic (exact) mass is 232 g/mol. The third kappa shape index (κ3) is 3.34. The largest absolute Gasteiger partial charge is 0.501 e. The second-order valence-corrected chi connectivity index (χ2v) is 4.76. The first-order valence-corrected chi connectivity index (χ1v) is 6.21. The molecular weight excluding hydrogens is 212 g/mol. The van der Waals surface area contributed by atoms with Gasteiger partial charge in [0.1, 0.15) is 0 Å². The third-order valence-electron chi connectivity index (χ3n) is 3.42. The minimum absolute atomic E-state index is 0.146. The zero-order valence-electron chi connectivity index (χ0n) is 10.5. The molecule has 1 aliphatic heterocycles. The van der Waals surface area contributed by atoms with Crippen molar-refractivity contribution in [2.45, 2.75) is 26.6 Å². The summed E-state index contributed by atoms with van der Waals surface area (Å²) in [5.41, 5.74) is 1.21. The van der Waals surface area contributed by atoms with Crippen LogP contribution in [0.4, 0.5) is 0 Å². The van der Waals surface area contributed by atoms with Gasteiger partial charge in [0.05, 0.1) is 25.6 Å². The lowest BCUT2D eigenvalue weighted by Crippen LogP contribution is -2.25. The molecule has 0 bridgehead atoms. The van der Waals surface area contributed by atoms with Crippen LogP contribution in [-0.2, 0) is 16.1 Å². The molecule has 1 aromatic carbocycles. The lowest BCUT2D eigenvalue weighted by atomic mass is 9.91. The molecule has 1 heterocycles. The van der Waals surface area contributed by atoms with Gasteiger partial charge in [-0.05, 0) is 23.5 Å². The fraction of sp³-hybridized carbons (Fsp3) is 0.467. The van der Waals surface area contributed by atoms with E-state index >= 15 is 0 Å². The maximum absolute atomic E-state index is 5.96.